The Morgan fingerprint density at radius 2 is 2.23 bits per heavy atom. The number of carbonyl (C=O) groups is 1. The Balaban J connectivity index is 1.77. The van der Waals surface area contributed by atoms with Gasteiger partial charge < -0.3 is 9.47 Å². The molecule has 1 aliphatic heterocycles. The fourth-order valence-corrected chi connectivity index (χ4v) is 6.02. The predicted octanol–water partition coefficient (Wildman–Crippen LogP) is 5.07. The summed E-state index contributed by atoms with van der Waals surface area (Å²) in [6, 6.07) is 7.64. The Labute approximate surface area is 193 Å². The van der Waals surface area contributed by atoms with Gasteiger partial charge in [-0.2, -0.15) is 0 Å². The van der Waals surface area contributed by atoms with Gasteiger partial charge in [-0.3, -0.25) is 9.36 Å². The number of aromatic nitrogens is 2. The van der Waals surface area contributed by atoms with Gasteiger partial charge in [0.25, 0.3) is 5.56 Å². The molecule has 3 heterocycles. The van der Waals surface area contributed by atoms with Crippen LogP contribution >= 0.6 is 34.7 Å². The zero-order chi connectivity index (χ0) is 22.0. The minimum absolute atomic E-state index is 0.0138. The highest BCUT2D eigenvalue weighted by molar-refractivity contribution is 7.98. The van der Waals surface area contributed by atoms with Gasteiger partial charge in [0, 0.05) is 17.4 Å². The highest BCUT2D eigenvalue weighted by Gasteiger charge is 2.25. The van der Waals surface area contributed by atoms with Crippen LogP contribution < -0.4 is 5.56 Å². The molecule has 1 fully saturated rings. The summed E-state index contributed by atoms with van der Waals surface area (Å²) < 4.78 is 12.6. The van der Waals surface area contributed by atoms with Crippen molar-refractivity contribution in [3.05, 3.63) is 55.6 Å². The SMILES string of the molecule is CCOC(=O)c1sc2nc(SCc3ccccc3Cl)n(C[C@@H]3CCCO3)c(=O)c2c1C. The van der Waals surface area contributed by atoms with Gasteiger partial charge in [0.05, 0.1) is 24.6 Å². The largest absolute Gasteiger partial charge is 0.462 e. The molecule has 6 nitrogen and oxygen atoms in total. The molecule has 0 aliphatic carbocycles. The molecule has 0 saturated carbocycles. The molecule has 164 valence electrons. The Hall–Kier alpha value is -1.87. The number of hydrogen-bond acceptors (Lipinski definition) is 7. The zero-order valence-corrected chi connectivity index (χ0v) is 19.7. The summed E-state index contributed by atoms with van der Waals surface area (Å²) in [5.74, 6) is 0.163. The lowest BCUT2D eigenvalue weighted by Crippen LogP contribution is -2.28. The van der Waals surface area contributed by atoms with Gasteiger partial charge in [-0.1, -0.05) is 41.6 Å². The molecule has 4 rings (SSSR count). The minimum Gasteiger partial charge on any atom is -0.462 e. The molecule has 9 heteroatoms. The molecular weight excluding hydrogens is 456 g/mol. The van der Waals surface area contributed by atoms with Crippen molar-refractivity contribution in [3.8, 4) is 0 Å². The summed E-state index contributed by atoms with van der Waals surface area (Å²) in [7, 11) is 0. The summed E-state index contributed by atoms with van der Waals surface area (Å²) in [5.41, 5.74) is 1.45. The van der Waals surface area contributed by atoms with E-state index in [0.717, 1.165) is 18.4 Å². The number of halogens is 1. The smallest absolute Gasteiger partial charge is 0.348 e. The highest BCUT2D eigenvalue weighted by Crippen LogP contribution is 2.32. The predicted molar refractivity (Wildman–Crippen MR) is 125 cm³/mol. The van der Waals surface area contributed by atoms with Crippen LogP contribution in [0.15, 0.2) is 34.2 Å². The molecule has 1 aliphatic rings. The molecular formula is C22H23ClN2O4S2. The first-order valence-corrected chi connectivity index (χ1v) is 12.4. The van der Waals surface area contributed by atoms with Gasteiger partial charge in [0.2, 0.25) is 0 Å². The van der Waals surface area contributed by atoms with E-state index in [0.29, 0.717) is 49.7 Å². The fraction of sp³-hybridized carbons (Fsp3) is 0.409. The second kappa shape index (κ2) is 9.73. The number of ether oxygens (including phenoxy) is 2. The summed E-state index contributed by atoms with van der Waals surface area (Å²) in [4.78, 5) is 31.6. The molecule has 1 saturated heterocycles. The van der Waals surface area contributed by atoms with E-state index in [-0.39, 0.29) is 18.3 Å². The molecule has 1 aromatic carbocycles. The van der Waals surface area contributed by atoms with Crippen LogP contribution in [0.4, 0.5) is 0 Å². The van der Waals surface area contributed by atoms with Crippen LogP contribution in [0, 0.1) is 6.92 Å². The quantitative estimate of drug-likeness (QED) is 0.268. The van der Waals surface area contributed by atoms with Gasteiger partial charge >= 0.3 is 5.97 Å². The first kappa shape index (κ1) is 22.3. The maximum Gasteiger partial charge on any atom is 0.348 e. The Morgan fingerprint density at radius 1 is 1.42 bits per heavy atom. The minimum atomic E-state index is -0.418. The summed E-state index contributed by atoms with van der Waals surface area (Å²) >= 11 is 8.98. The second-order valence-corrected chi connectivity index (χ2v) is 9.63. The highest BCUT2D eigenvalue weighted by atomic mass is 35.5. The van der Waals surface area contributed by atoms with Crippen LogP contribution in [0.25, 0.3) is 10.2 Å². The number of thioether (sulfide) groups is 1. The van der Waals surface area contributed by atoms with E-state index in [4.69, 9.17) is 26.1 Å². The van der Waals surface area contributed by atoms with Crippen LogP contribution in [0.1, 0.15) is 40.6 Å². The van der Waals surface area contributed by atoms with Gasteiger partial charge in [0.1, 0.15) is 9.71 Å². The number of fused-ring (bicyclic) bond motifs is 1. The van der Waals surface area contributed by atoms with E-state index in [9.17, 15) is 9.59 Å². The van der Waals surface area contributed by atoms with E-state index in [1.807, 2.05) is 24.3 Å². The first-order valence-electron chi connectivity index (χ1n) is 10.2. The van der Waals surface area contributed by atoms with Crippen LogP contribution in [0.5, 0.6) is 0 Å². The van der Waals surface area contributed by atoms with Crippen molar-refractivity contribution >= 4 is 50.9 Å². The molecule has 2 aromatic heterocycles. The Morgan fingerprint density at radius 3 is 2.94 bits per heavy atom. The van der Waals surface area contributed by atoms with Crippen LogP contribution in [-0.4, -0.2) is 34.8 Å². The third-order valence-electron chi connectivity index (χ3n) is 5.20. The topological polar surface area (TPSA) is 70.4 Å². The van der Waals surface area contributed by atoms with Gasteiger partial charge in [-0.15, -0.1) is 11.3 Å². The number of esters is 1. The molecule has 31 heavy (non-hydrogen) atoms. The van der Waals surface area contributed by atoms with E-state index in [1.165, 1.54) is 23.1 Å². The number of nitrogens with zero attached hydrogens (tertiary/aromatic N) is 2. The lowest BCUT2D eigenvalue weighted by Gasteiger charge is -2.16. The number of carbonyl (C=O) groups excluding carboxylic acids is 1. The molecule has 0 amide bonds. The van der Waals surface area contributed by atoms with Crippen molar-refractivity contribution in [3.63, 3.8) is 0 Å². The van der Waals surface area contributed by atoms with E-state index in [1.54, 1.807) is 18.4 Å². The average Bonchev–Trinajstić information content (AvgIpc) is 3.38. The molecule has 3 aromatic rings. The zero-order valence-electron chi connectivity index (χ0n) is 17.4. The standard InChI is InChI=1S/C22H23ClN2O4S2/c1-3-28-21(27)18-13(2)17-19(31-18)24-22(30-12-14-7-4-5-9-16(14)23)25(20(17)26)11-15-8-6-10-29-15/h4-5,7,9,15H,3,6,8,10-12H2,1-2H3/t15-/m0/s1. The maximum absolute atomic E-state index is 13.5. The van der Waals surface area contributed by atoms with Crippen molar-refractivity contribution < 1.29 is 14.3 Å². The van der Waals surface area contributed by atoms with Crippen molar-refractivity contribution in [2.24, 2.45) is 0 Å². The van der Waals surface area contributed by atoms with E-state index < -0.39 is 5.97 Å². The van der Waals surface area contributed by atoms with Crippen molar-refractivity contribution in [2.75, 3.05) is 13.2 Å². The van der Waals surface area contributed by atoms with Gasteiger partial charge in [0.15, 0.2) is 5.16 Å². The fourth-order valence-electron chi connectivity index (χ4n) is 3.61. The Kier molecular flexibility index (Phi) is 7.01. The number of thiophene rings is 1. The lowest BCUT2D eigenvalue weighted by atomic mass is 10.2. The van der Waals surface area contributed by atoms with Crippen molar-refractivity contribution in [1.29, 1.82) is 0 Å². The van der Waals surface area contributed by atoms with Gasteiger partial charge in [-0.25, -0.2) is 9.78 Å². The van der Waals surface area contributed by atoms with E-state index >= 15 is 0 Å². The van der Waals surface area contributed by atoms with E-state index in [2.05, 4.69) is 0 Å². The Bertz CT molecular complexity index is 1170. The molecule has 0 bridgehead atoms. The number of hydrogen-bond donors (Lipinski definition) is 0. The number of rotatable bonds is 7. The second-order valence-electron chi connectivity index (χ2n) is 7.28. The average molecular weight is 479 g/mol. The third kappa shape index (κ3) is 4.67. The summed E-state index contributed by atoms with van der Waals surface area (Å²) in [6.45, 7) is 4.97. The van der Waals surface area contributed by atoms with Crippen LogP contribution in [0.2, 0.25) is 5.02 Å². The maximum atomic E-state index is 13.5. The summed E-state index contributed by atoms with van der Waals surface area (Å²) in [6.07, 6.45) is 1.89. The van der Waals surface area contributed by atoms with Crippen LogP contribution in [0.3, 0.4) is 0 Å². The molecule has 0 N–H and O–H groups in total. The monoisotopic (exact) mass is 478 g/mol. The van der Waals surface area contributed by atoms with Crippen molar-refractivity contribution in [1.82, 2.24) is 9.55 Å². The number of aryl methyl sites for hydroxylation is 1. The molecule has 1 atom stereocenters. The molecule has 0 radical (unpaired) electrons. The molecule has 0 spiro atoms. The first-order chi connectivity index (χ1) is 15.0. The van der Waals surface area contributed by atoms with Crippen molar-refractivity contribution in [2.45, 2.75) is 50.2 Å². The summed E-state index contributed by atoms with van der Waals surface area (Å²) in [5, 5.41) is 1.76. The van der Waals surface area contributed by atoms with Gasteiger partial charge in [-0.05, 0) is 43.9 Å². The normalized spacial score (nSPS) is 16.2. The molecule has 0 unspecified atom stereocenters. The lowest BCUT2D eigenvalue weighted by molar-refractivity contribution is 0.0531. The third-order valence-corrected chi connectivity index (χ3v) is 7.76. The number of benzene rings is 1. The van der Waals surface area contributed by atoms with Crippen LogP contribution in [-0.2, 0) is 21.8 Å².